The van der Waals surface area contributed by atoms with Gasteiger partial charge in [0.1, 0.15) is 0 Å². The molecule has 144 valence electrons. The van der Waals surface area contributed by atoms with Gasteiger partial charge in [-0.2, -0.15) is 0 Å². The molecule has 1 heterocycles. The second-order valence-corrected chi connectivity index (χ2v) is 9.40. The van der Waals surface area contributed by atoms with E-state index in [1.807, 2.05) is 25.1 Å². The number of hydrogen-bond acceptors (Lipinski definition) is 3. The zero-order valence-electron chi connectivity index (χ0n) is 15.5. The lowest BCUT2D eigenvalue weighted by Gasteiger charge is -2.39. The summed E-state index contributed by atoms with van der Waals surface area (Å²) in [6.07, 6.45) is 7.05. The van der Waals surface area contributed by atoms with Gasteiger partial charge in [-0.25, -0.2) is 0 Å². The summed E-state index contributed by atoms with van der Waals surface area (Å²) < 4.78 is 1.88. The number of carbonyl (C=O) groups excluding carboxylic acids is 1. The van der Waals surface area contributed by atoms with Crippen LogP contribution in [0.25, 0.3) is 0 Å². The highest BCUT2D eigenvalue weighted by atomic mass is 79.9. The summed E-state index contributed by atoms with van der Waals surface area (Å²) in [5, 5.41) is 3.05. The highest BCUT2D eigenvalue weighted by Crippen LogP contribution is 2.27. The van der Waals surface area contributed by atoms with E-state index in [0.29, 0.717) is 0 Å². The Hall–Kier alpha value is -0.430. The zero-order chi connectivity index (χ0) is 18.5. The van der Waals surface area contributed by atoms with Crippen molar-refractivity contribution in [3.05, 3.63) is 27.1 Å². The quantitative estimate of drug-likeness (QED) is 0.653. The third-order valence-corrected chi connectivity index (χ3v) is 6.91. The van der Waals surface area contributed by atoms with E-state index < -0.39 is 0 Å². The van der Waals surface area contributed by atoms with Gasteiger partial charge in [-0.05, 0) is 59.8 Å². The first-order chi connectivity index (χ1) is 12.5. The van der Waals surface area contributed by atoms with E-state index >= 15 is 0 Å². The fourth-order valence-corrected chi connectivity index (χ4v) is 5.21. The van der Waals surface area contributed by atoms with Crippen LogP contribution >= 0.6 is 31.9 Å². The third kappa shape index (κ3) is 5.54. The molecule has 1 saturated carbocycles. The van der Waals surface area contributed by atoms with Gasteiger partial charge in [0.15, 0.2) is 0 Å². The number of hydrogen-bond donors (Lipinski definition) is 1. The van der Waals surface area contributed by atoms with Crippen LogP contribution in [0.3, 0.4) is 0 Å². The lowest BCUT2D eigenvalue weighted by molar-refractivity contribution is -0.121. The van der Waals surface area contributed by atoms with Gasteiger partial charge < -0.3 is 10.2 Å². The molecule has 26 heavy (non-hydrogen) atoms. The van der Waals surface area contributed by atoms with Crippen molar-refractivity contribution in [3.8, 4) is 0 Å². The Labute approximate surface area is 173 Å². The molecule has 6 heteroatoms. The number of rotatable bonds is 5. The Balaban J connectivity index is 1.46. The van der Waals surface area contributed by atoms with Gasteiger partial charge in [0.25, 0.3) is 0 Å². The van der Waals surface area contributed by atoms with Crippen molar-refractivity contribution in [2.45, 2.75) is 45.1 Å². The van der Waals surface area contributed by atoms with E-state index in [-0.39, 0.29) is 11.9 Å². The van der Waals surface area contributed by atoms with Crippen LogP contribution < -0.4 is 5.32 Å². The topological polar surface area (TPSA) is 35.6 Å². The number of anilines is 1. The Kier molecular flexibility index (Phi) is 7.55. The maximum Gasteiger partial charge on any atom is 0.241 e. The first-order valence-corrected chi connectivity index (χ1v) is 11.3. The summed E-state index contributed by atoms with van der Waals surface area (Å²) in [5.74, 6) is 0.958. The molecule has 1 unspecified atom stereocenters. The minimum absolute atomic E-state index is 0.0637. The summed E-state index contributed by atoms with van der Waals surface area (Å²) >= 11 is 6.95. The van der Waals surface area contributed by atoms with Gasteiger partial charge in [-0.3, -0.25) is 9.69 Å². The Morgan fingerprint density at radius 2 is 1.85 bits per heavy atom. The van der Waals surface area contributed by atoms with Gasteiger partial charge in [0.2, 0.25) is 5.91 Å². The second-order valence-electron chi connectivity index (χ2n) is 7.63. The smallest absolute Gasteiger partial charge is 0.241 e. The molecule has 1 N–H and O–H groups in total. The largest absolute Gasteiger partial charge is 0.324 e. The summed E-state index contributed by atoms with van der Waals surface area (Å²) in [6.45, 7) is 7.37. The third-order valence-electron chi connectivity index (χ3n) is 5.76. The SMILES string of the molecule is CC(C(=O)Nc1ccc(Br)cc1Br)N1CCN(CC2CCCCC2)CC1. The summed E-state index contributed by atoms with van der Waals surface area (Å²) in [4.78, 5) is 17.6. The van der Waals surface area contributed by atoms with Crippen LogP contribution in [0, 0.1) is 5.92 Å². The van der Waals surface area contributed by atoms with Crippen LogP contribution in [0.2, 0.25) is 0 Å². The Morgan fingerprint density at radius 3 is 2.50 bits per heavy atom. The number of piperazine rings is 1. The molecule has 1 amide bonds. The number of nitrogens with zero attached hydrogens (tertiary/aromatic N) is 2. The molecule has 0 bridgehead atoms. The van der Waals surface area contributed by atoms with Crippen molar-refractivity contribution in [2.75, 3.05) is 38.0 Å². The summed E-state index contributed by atoms with van der Waals surface area (Å²) in [7, 11) is 0. The molecule has 1 aromatic rings. The molecular weight excluding hydrogens is 458 g/mol. The summed E-state index contributed by atoms with van der Waals surface area (Å²) in [5.41, 5.74) is 0.820. The van der Waals surface area contributed by atoms with E-state index in [1.165, 1.54) is 38.6 Å². The van der Waals surface area contributed by atoms with Gasteiger partial charge in [-0.15, -0.1) is 0 Å². The number of halogens is 2. The lowest BCUT2D eigenvalue weighted by Crippen LogP contribution is -2.53. The van der Waals surface area contributed by atoms with Crippen molar-refractivity contribution in [1.29, 1.82) is 0 Å². The molecule has 0 radical (unpaired) electrons. The molecule has 3 rings (SSSR count). The zero-order valence-corrected chi connectivity index (χ0v) is 18.7. The number of amides is 1. The molecule has 1 saturated heterocycles. The predicted octanol–water partition coefficient (Wildman–Crippen LogP) is 4.74. The van der Waals surface area contributed by atoms with Crippen LogP contribution in [0.4, 0.5) is 5.69 Å². The van der Waals surface area contributed by atoms with Crippen molar-refractivity contribution in [1.82, 2.24) is 9.80 Å². The monoisotopic (exact) mass is 485 g/mol. The average Bonchev–Trinajstić information content (AvgIpc) is 2.65. The van der Waals surface area contributed by atoms with Gasteiger partial charge in [0.05, 0.1) is 11.7 Å². The Bertz CT molecular complexity index is 611. The van der Waals surface area contributed by atoms with Crippen LogP contribution in [0.1, 0.15) is 39.0 Å². The van der Waals surface area contributed by atoms with Crippen LogP contribution in [0.5, 0.6) is 0 Å². The minimum atomic E-state index is -0.109. The van der Waals surface area contributed by atoms with E-state index in [0.717, 1.165) is 46.7 Å². The minimum Gasteiger partial charge on any atom is -0.324 e. The maximum atomic E-state index is 12.6. The van der Waals surface area contributed by atoms with E-state index in [2.05, 4.69) is 47.0 Å². The molecule has 1 aliphatic carbocycles. The first kappa shape index (κ1) is 20.3. The predicted molar refractivity (Wildman–Crippen MR) is 115 cm³/mol. The fourth-order valence-electron chi connectivity index (χ4n) is 4.06. The molecule has 4 nitrogen and oxygen atoms in total. The van der Waals surface area contributed by atoms with Crippen LogP contribution in [-0.2, 0) is 4.79 Å². The van der Waals surface area contributed by atoms with Gasteiger partial charge in [0, 0.05) is 41.7 Å². The molecule has 0 aromatic heterocycles. The normalized spacial score (nSPS) is 21.5. The van der Waals surface area contributed by atoms with E-state index in [4.69, 9.17) is 0 Å². The van der Waals surface area contributed by atoms with Crippen molar-refractivity contribution >= 4 is 43.5 Å². The van der Waals surface area contributed by atoms with Crippen molar-refractivity contribution in [2.24, 2.45) is 5.92 Å². The van der Waals surface area contributed by atoms with Crippen molar-refractivity contribution < 1.29 is 4.79 Å². The molecular formula is C20H29Br2N3O. The highest BCUT2D eigenvalue weighted by molar-refractivity contribution is 9.11. The fraction of sp³-hybridized carbons (Fsp3) is 0.650. The molecule has 0 spiro atoms. The highest BCUT2D eigenvalue weighted by Gasteiger charge is 2.27. The average molecular weight is 487 g/mol. The van der Waals surface area contributed by atoms with E-state index in [1.54, 1.807) is 0 Å². The molecule has 2 aliphatic rings. The van der Waals surface area contributed by atoms with Crippen LogP contribution in [0.15, 0.2) is 27.1 Å². The molecule has 1 aliphatic heterocycles. The van der Waals surface area contributed by atoms with Gasteiger partial charge in [-0.1, -0.05) is 35.2 Å². The van der Waals surface area contributed by atoms with Crippen LogP contribution in [-0.4, -0.2) is 54.5 Å². The van der Waals surface area contributed by atoms with E-state index in [9.17, 15) is 4.79 Å². The number of benzene rings is 1. The second kappa shape index (κ2) is 9.67. The first-order valence-electron chi connectivity index (χ1n) is 9.75. The molecule has 1 atom stereocenters. The lowest BCUT2D eigenvalue weighted by atomic mass is 9.89. The standard InChI is InChI=1S/C20H29Br2N3O/c1-15(20(26)23-19-8-7-17(21)13-18(19)22)25-11-9-24(10-12-25)14-16-5-3-2-4-6-16/h7-8,13,15-16H,2-6,9-12,14H2,1H3,(H,23,26). The number of carbonyl (C=O) groups is 1. The van der Waals surface area contributed by atoms with Crippen molar-refractivity contribution in [3.63, 3.8) is 0 Å². The number of nitrogens with one attached hydrogen (secondary N) is 1. The van der Waals surface area contributed by atoms with Gasteiger partial charge >= 0.3 is 0 Å². The molecule has 1 aromatic carbocycles. The maximum absolute atomic E-state index is 12.6. The molecule has 2 fully saturated rings. The Morgan fingerprint density at radius 1 is 1.15 bits per heavy atom. The summed E-state index contributed by atoms with van der Waals surface area (Å²) in [6, 6.07) is 5.70.